The molecule has 0 spiro atoms. The monoisotopic (exact) mass is 261 g/mol. The summed E-state index contributed by atoms with van der Waals surface area (Å²) >= 11 is 0. The van der Waals surface area contributed by atoms with Crippen molar-refractivity contribution in [2.45, 2.75) is 51.2 Å². The number of carbonyl (C=O) groups is 1. The van der Waals surface area contributed by atoms with Gasteiger partial charge in [-0.15, -0.1) is 0 Å². The van der Waals surface area contributed by atoms with E-state index >= 15 is 0 Å². The molecule has 1 aromatic carbocycles. The molecule has 0 bridgehead atoms. The summed E-state index contributed by atoms with van der Waals surface area (Å²) in [5.41, 5.74) is 2.66. The summed E-state index contributed by atoms with van der Waals surface area (Å²) in [7, 11) is 1.89. The average Bonchev–Trinajstić information content (AvgIpc) is 2.43. The number of hydrogen-bond acceptors (Lipinski definition) is 2. The number of rotatable bonds is 4. The summed E-state index contributed by atoms with van der Waals surface area (Å²) in [4.78, 5) is 14.0. The van der Waals surface area contributed by atoms with E-state index in [1.54, 1.807) is 6.92 Å². The van der Waals surface area contributed by atoms with Crippen LogP contribution < -0.4 is 0 Å². The summed E-state index contributed by atoms with van der Waals surface area (Å²) in [5, 5.41) is 9.28. The van der Waals surface area contributed by atoms with Gasteiger partial charge < -0.3 is 10.0 Å². The zero-order chi connectivity index (χ0) is 13.8. The molecule has 3 nitrogen and oxygen atoms in total. The van der Waals surface area contributed by atoms with E-state index in [0.29, 0.717) is 12.8 Å². The van der Waals surface area contributed by atoms with Gasteiger partial charge >= 0.3 is 0 Å². The second kappa shape index (κ2) is 6.20. The van der Waals surface area contributed by atoms with Crippen LogP contribution in [0, 0.1) is 0 Å². The molecule has 1 aliphatic carbocycles. The van der Waals surface area contributed by atoms with Crippen molar-refractivity contribution in [3.63, 3.8) is 0 Å². The Bertz CT molecular complexity index is 442. The second-order valence-electron chi connectivity index (χ2n) is 5.50. The Balaban J connectivity index is 2.08. The third-order valence-corrected chi connectivity index (χ3v) is 3.97. The van der Waals surface area contributed by atoms with Gasteiger partial charge in [0.15, 0.2) is 0 Å². The Hall–Kier alpha value is -1.35. The zero-order valence-corrected chi connectivity index (χ0v) is 11.8. The van der Waals surface area contributed by atoms with Gasteiger partial charge in [-0.05, 0) is 43.7 Å². The molecule has 2 atom stereocenters. The lowest BCUT2D eigenvalue weighted by molar-refractivity contribution is -0.133. The Morgan fingerprint density at radius 3 is 2.95 bits per heavy atom. The lowest BCUT2D eigenvalue weighted by Gasteiger charge is -2.33. The molecule has 0 heterocycles. The van der Waals surface area contributed by atoms with Crippen LogP contribution in [0.15, 0.2) is 24.3 Å². The number of fused-ring (bicyclic) bond motifs is 1. The van der Waals surface area contributed by atoms with Crippen molar-refractivity contribution in [2.24, 2.45) is 0 Å². The first-order valence-corrected chi connectivity index (χ1v) is 7.11. The molecule has 2 rings (SSSR count). The van der Waals surface area contributed by atoms with Crippen molar-refractivity contribution >= 4 is 5.91 Å². The van der Waals surface area contributed by atoms with E-state index in [0.717, 1.165) is 19.3 Å². The van der Waals surface area contributed by atoms with Crippen LogP contribution in [-0.4, -0.2) is 29.1 Å². The van der Waals surface area contributed by atoms with E-state index in [-0.39, 0.29) is 11.9 Å². The zero-order valence-electron chi connectivity index (χ0n) is 11.8. The number of nitrogens with zero attached hydrogens (tertiary/aromatic N) is 1. The molecule has 0 radical (unpaired) electrons. The molecule has 2 unspecified atom stereocenters. The first-order valence-electron chi connectivity index (χ1n) is 7.11. The van der Waals surface area contributed by atoms with Crippen LogP contribution in [0.5, 0.6) is 0 Å². The molecule has 0 saturated heterocycles. The molecule has 19 heavy (non-hydrogen) atoms. The first kappa shape index (κ1) is 14.1. The highest BCUT2D eigenvalue weighted by molar-refractivity contribution is 5.76. The van der Waals surface area contributed by atoms with Crippen molar-refractivity contribution < 1.29 is 9.90 Å². The summed E-state index contributed by atoms with van der Waals surface area (Å²) in [6, 6.07) is 8.61. The van der Waals surface area contributed by atoms with E-state index in [9.17, 15) is 9.90 Å². The number of aliphatic hydroxyl groups excluding tert-OH is 1. The summed E-state index contributed by atoms with van der Waals surface area (Å²) in [6.45, 7) is 1.73. The lowest BCUT2D eigenvalue weighted by atomic mass is 9.87. The highest BCUT2D eigenvalue weighted by Gasteiger charge is 2.26. The summed E-state index contributed by atoms with van der Waals surface area (Å²) in [5.74, 6) is 0.127. The minimum atomic E-state index is -0.406. The third kappa shape index (κ3) is 3.35. The number of amides is 1. The van der Waals surface area contributed by atoms with Crippen molar-refractivity contribution in [1.82, 2.24) is 4.90 Å². The molecule has 1 amide bonds. The Morgan fingerprint density at radius 2 is 2.21 bits per heavy atom. The minimum absolute atomic E-state index is 0.127. The number of carbonyl (C=O) groups excluding carboxylic acids is 1. The molecule has 104 valence electrons. The molecule has 1 N–H and O–H groups in total. The number of benzene rings is 1. The van der Waals surface area contributed by atoms with E-state index in [2.05, 4.69) is 18.2 Å². The van der Waals surface area contributed by atoms with Crippen molar-refractivity contribution in [2.75, 3.05) is 7.05 Å². The maximum atomic E-state index is 12.2. The highest BCUT2D eigenvalue weighted by Crippen LogP contribution is 2.33. The van der Waals surface area contributed by atoms with Gasteiger partial charge in [-0.1, -0.05) is 24.3 Å². The van der Waals surface area contributed by atoms with Gasteiger partial charge in [0.2, 0.25) is 5.91 Å². The predicted molar refractivity (Wildman–Crippen MR) is 75.8 cm³/mol. The Labute approximate surface area is 115 Å². The SMILES string of the molecule is CC(O)CCC(=O)N(C)C1CCCc2ccccc21. The van der Waals surface area contributed by atoms with Gasteiger partial charge in [0.1, 0.15) is 0 Å². The van der Waals surface area contributed by atoms with Gasteiger partial charge in [-0.25, -0.2) is 0 Å². The van der Waals surface area contributed by atoms with Crippen molar-refractivity contribution in [3.8, 4) is 0 Å². The van der Waals surface area contributed by atoms with Crippen molar-refractivity contribution in [1.29, 1.82) is 0 Å². The fourth-order valence-corrected chi connectivity index (χ4v) is 2.81. The number of aliphatic hydroxyl groups is 1. The van der Waals surface area contributed by atoms with E-state index in [1.807, 2.05) is 18.0 Å². The maximum absolute atomic E-state index is 12.2. The van der Waals surface area contributed by atoms with Gasteiger partial charge in [0, 0.05) is 13.5 Å². The van der Waals surface area contributed by atoms with Crippen LogP contribution >= 0.6 is 0 Å². The van der Waals surface area contributed by atoms with E-state index < -0.39 is 6.10 Å². The van der Waals surface area contributed by atoms with Gasteiger partial charge in [0.05, 0.1) is 12.1 Å². The summed E-state index contributed by atoms with van der Waals surface area (Å²) in [6.07, 6.45) is 3.84. The smallest absolute Gasteiger partial charge is 0.222 e. The fraction of sp³-hybridized carbons (Fsp3) is 0.562. The molecule has 0 saturated carbocycles. The minimum Gasteiger partial charge on any atom is -0.393 e. The van der Waals surface area contributed by atoms with Crippen LogP contribution in [0.2, 0.25) is 0 Å². The largest absolute Gasteiger partial charge is 0.393 e. The quantitative estimate of drug-likeness (QED) is 0.905. The molecule has 0 aromatic heterocycles. The van der Waals surface area contributed by atoms with Gasteiger partial charge in [-0.2, -0.15) is 0 Å². The van der Waals surface area contributed by atoms with Crippen LogP contribution in [0.4, 0.5) is 0 Å². The standard InChI is InChI=1S/C16H23NO2/c1-12(18)10-11-16(19)17(2)15-9-5-7-13-6-3-4-8-14(13)15/h3-4,6,8,12,15,18H,5,7,9-11H2,1-2H3. The van der Waals surface area contributed by atoms with Crippen molar-refractivity contribution in [3.05, 3.63) is 35.4 Å². The highest BCUT2D eigenvalue weighted by atomic mass is 16.3. The molecule has 1 aliphatic rings. The lowest BCUT2D eigenvalue weighted by Crippen LogP contribution is -2.33. The van der Waals surface area contributed by atoms with Crippen LogP contribution in [-0.2, 0) is 11.2 Å². The van der Waals surface area contributed by atoms with Crippen LogP contribution in [0.1, 0.15) is 49.8 Å². The first-order chi connectivity index (χ1) is 9.09. The second-order valence-corrected chi connectivity index (χ2v) is 5.50. The fourth-order valence-electron chi connectivity index (χ4n) is 2.81. The molecular weight excluding hydrogens is 238 g/mol. The maximum Gasteiger partial charge on any atom is 0.222 e. The topological polar surface area (TPSA) is 40.5 Å². The molecule has 0 fully saturated rings. The molecule has 3 heteroatoms. The Morgan fingerprint density at radius 1 is 1.47 bits per heavy atom. The third-order valence-electron chi connectivity index (χ3n) is 3.97. The molecule has 0 aliphatic heterocycles. The van der Waals surface area contributed by atoms with Crippen LogP contribution in [0.3, 0.4) is 0 Å². The van der Waals surface area contributed by atoms with E-state index in [1.165, 1.54) is 11.1 Å². The Kier molecular flexibility index (Phi) is 4.59. The molecular formula is C16H23NO2. The van der Waals surface area contributed by atoms with Crippen LogP contribution in [0.25, 0.3) is 0 Å². The number of aryl methyl sites for hydroxylation is 1. The molecule has 1 aromatic rings. The number of hydrogen-bond donors (Lipinski definition) is 1. The predicted octanol–water partition coefficient (Wildman–Crippen LogP) is 2.68. The van der Waals surface area contributed by atoms with Gasteiger partial charge in [0.25, 0.3) is 0 Å². The van der Waals surface area contributed by atoms with E-state index in [4.69, 9.17) is 0 Å². The summed E-state index contributed by atoms with van der Waals surface area (Å²) < 4.78 is 0. The average molecular weight is 261 g/mol. The van der Waals surface area contributed by atoms with Gasteiger partial charge in [-0.3, -0.25) is 4.79 Å². The normalized spacial score (nSPS) is 19.6.